The number of rotatable bonds is 2. The highest BCUT2D eigenvalue weighted by molar-refractivity contribution is 9.10. The van der Waals surface area contributed by atoms with Crippen molar-refractivity contribution in [3.05, 3.63) is 27.7 Å². The summed E-state index contributed by atoms with van der Waals surface area (Å²) in [5.41, 5.74) is 1.56. The second kappa shape index (κ2) is 5.13. The van der Waals surface area contributed by atoms with Gasteiger partial charge in [-0.15, -0.1) is 0 Å². The van der Waals surface area contributed by atoms with E-state index in [1.54, 1.807) is 19.1 Å². The van der Waals surface area contributed by atoms with Gasteiger partial charge in [-0.2, -0.15) is 0 Å². The molecule has 1 fully saturated rings. The second-order valence-corrected chi connectivity index (χ2v) is 5.20. The van der Waals surface area contributed by atoms with E-state index in [0.29, 0.717) is 21.3 Å². The van der Waals surface area contributed by atoms with Crippen LogP contribution in [0.2, 0.25) is 0 Å². The average Bonchev–Trinajstić information content (AvgIpc) is 2.70. The molecule has 5 nitrogen and oxygen atoms in total. The van der Waals surface area contributed by atoms with Gasteiger partial charge in [0.1, 0.15) is 0 Å². The van der Waals surface area contributed by atoms with Crippen LogP contribution in [0.25, 0.3) is 0 Å². The minimum atomic E-state index is -0.474. The van der Waals surface area contributed by atoms with Gasteiger partial charge < -0.3 is 9.64 Å². The second-order valence-electron chi connectivity index (χ2n) is 4.28. The van der Waals surface area contributed by atoms with Crippen molar-refractivity contribution in [2.24, 2.45) is 0 Å². The summed E-state index contributed by atoms with van der Waals surface area (Å²) >= 11 is 3.30. The number of halogens is 1. The molecule has 1 saturated heterocycles. The van der Waals surface area contributed by atoms with Gasteiger partial charge in [0.15, 0.2) is 5.78 Å². The molecule has 0 radical (unpaired) electrons. The number of esters is 1. The Morgan fingerprint density at radius 2 is 2.05 bits per heavy atom. The van der Waals surface area contributed by atoms with E-state index < -0.39 is 5.97 Å². The summed E-state index contributed by atoms with van der Waals surface area (Å²) in [5.74, 6) is -0.843. The number of hydrogen-bond acceptors (Lipinski definition) is 4. The number of carbonyl (C=O) groups is 3. The number of hydrogen-bond donors (Lipinski definition) is 0. The zero-order valence-corrected chi connectivity index (χ0v) is 12.1. The Morgan fingerprint density at radius 3 is 2.58 bits per heavy atom. The van der Waals surface area contributed by atoms with Gasteiger partial charge in [0.05, 0.1) is 25.6 Å². The molecule has 1 aromatic rings. The van der Waals surface area contributed by atoms with Gasteiger partial charge >= 0.3 is 5.97 Å². The molecule has 0 aliphatic carbocycles. The van der Waals surface area contributed by atoms with Crippen molar-refractivity contribution in [3.8, 4) is 0 Å². The zero-order chi connectivity index (χ0) is 14.2. The van der Waals surface area contributed by atoms with Crippen LogP contribution in [-0.2, 0) is 14.3 Å². The van der Waals surface area contributed by atoms with Crippen molar-refractivity contribution in [1.29, 1.82) is 0 Å². The summed E-state index contributed by atoms with van der Waals surface area (Å²) in [5, 5.41) is 0. The average molecular weight is 326 g/mol. The molecule has 0 saturated carbocycles. The highest BCUT2D eigenvalue weighted by Gasteiger charge is 2.30. The molecule has 1 aliphatic rings. The number of anilines is 1. The van der Waals surface area contributed by atoms with Crippen molar-refractivity contribution in [1.82, 2.24) is 0 Å². The maximum Gasteiger partial charge on any atom is 0.338 e. The highest BCUT2D eigenvalue weighted by atomic mass is 79.9. The molecule has 2 rings (SSSR count). The fraction of sp³-hybridized carbons (Fsp3) is 0.308. The lowest BCUT2D eigenvalue weighted by Gasteiger charge is -2.19. The van der Waals surface area contributed by atoms with Crippen LogP contribution in [0, 0.1) is 6.92 Å². The lowest BCUT2D eigenvalue weighted by atomic mass is 10.1. The van der Waals surface area contributed by atoms with Crippen LogP contribution in [0.4, 0.5) is 5.69 Å². The van der Waals surface area contributed by atoms with Crippen LogP contribution in [-0.4, -0.2) is 31.3 Å². The number of nitrogens with zero attached hydrogens (tertiary/aromatic N) is 1. The number of carbonyl (C=O) groups excluding carboxylic acids is 3. The summed E-state index contributed by atoms with van der Waals surface area (Å²) in [6, 6.07) is 3.35. The Kier molecular flexibility index (Phi) is 3.71. The molecule has 1 amide bonds. The van der Waals surface area contributed by atoms with Gasteiger partial charge in [0, 0.05) is 10.2 Å². The maximum atomic E-state index is 11.8. The Labute approximate surface area is 118 Å². The fourth-order valence-electron chi connectivity index (χ4n) is 2.07. The molecule has 100 valence electrons. The van der Waals surface area contributed by atoms with E-state index >= 15 is 0 Å². The zero-order valence-electron chi connectivity index (χ0n) is 10.5. The van der Waals surface area contributed by atoms with Gasteiger partial charge in [-0.1, -0.05) is 15.9 Å². The standard InChI is InChI=1S/C13H12BrNO4/c1-7-10(13(18)19-2)3-8(14)4-11(7)15-6-9(16)5-12(15)17/h3-4H,5-6H2,1-2H3. The van der Waals surface area contributed by atoms with Gasteiger partial charge in [0.2, 0.25) is 5.91 Å². The predicted octanol–water partition coefficient (Wildman–Crippen LogP) is 1.85. The molecule has 6 heteroatoms. The smallest absolute Gasteiger partial charge is 0.338 e. The van der Waals surface area contributed by atoms with Crippen molar-refractivity contribution in [2.75, 3.05) is 18.6 Å². The molecule has 0 N–H and O–H groups in total. The predicted molar refractivity (Wildman–Crippen MR) is 72.2 cm³/mol. The fourth-order valence-corrected chi connectivity index (χ4v) is 2.52. The van der Waals surface area contributed by atoms with E-state index in [2.05, 4.69) is 15.9 Å². The number of benzene rings is 1. The first-order valence-electron chi connectivity index (χ1n) is 5.64. The van der Waals surface area contributed by atoms with Gasteiger partial charge in [-0.3, -0.25) is 9.59 Å². The van der Waals surface area contributed by atoms with Gasteiger partial charge in [0.25, 0.3) is 0 Å². The minimum Gasteiger partial charge on any atom is -0.465 e. The molecule has 1 aliphatic heterocycles. The maximum absolute atomic E-state index is 11.8. The first-order chi connectivity index (χ1) is 8.93. The van der Waals surface area contributed by atoms with E-state index in [4.69, 9.17) is 4.74 Å². The van der Waals surface area contributed by atoms with E-state index in [1.165, 1.54) is 12.0 Å². The monoisotopic (exact) mass is 325 g/mol. The molecule has 1 aromatic carbocycles. The first-order valence-corrected chi connectivity index (χ1v) is 6.44. The number of Topliss-reactive ketones (excluding diaryl/α,β-unsaturated/α-hetero) is 1. The lowest BCUT2D eigenvalue weighted by molar-refractivity contribution is -0.121. The topological polar surface area (TPSA) is 63.7 Å². The molecular weight excluding hydrogens is 314 g/mol. The molecule has 0 aromatic heterocycles. The van der Waals surface area contributed by atoms with Crippen LogP contribution < -0.4 is 4.90 Å². The van der Waals surface area contributed by atoms with E-state index in [9.17, 15) is 14.4 Å². The number of methoxy groups -OCH3 is 1. The van der Waals surface area contributed by atoms with Crippen LogP contribution in [0.3, 0.4) is 0 Å². The minimum absolute atomic E-state index is 0.0523. The first kappa shape index (κ1) is 13.7. The van der Waals surface area contributed by atoms with Crippen LogP contribution in [0.5, 0.6) is 0 Å². The van der Waals surface area contributed by atoms with E-state index in [1.807, 2.05) is 0 Å². The lowest BCUT2D eigenvalue weighted by Crippen LogP contribution is -2.26. The molecule has 0 unspecified atom stereocenters. The van der Waals surface area contributed by atoms with Crippen LogP contribution >= 0.6 is 15.9 Å². The summed E-state index contributed by atoms with van der Waals surface area (Å²) < 4.78 is 5.36. The number of ketones is 1. The molecule has 1 heterocycles. The number of ether oxygens (including phenoxy) is 1. The van der Waals surface area contributed by atoms with Gasteiger partial charge in [-0.05, 0) is 24.6 Å². The van der Waals surface area contributed by atoms with Crippen molar-refractivity contribution in [2.45, 2.75) is 13.3 Å². The normalized spacial score (nSPS) is 15.0. The quantitative estimate of drug-likeness (QED) is 0.615. The third kappa shape index (κ3) is 2.53. The summed E-state index contributed by atoms with van der Waals surface area (Å²) in [7, 11) is 1.30. The Morgan fingerprint density at radius 1 is 1.37 bits per heavy atom. The number of amides is 1. The summed E-state index contributed by atoms with van der Waals surface area (Å²) in [6.45, 7) is 1.78. The Balaban J connectivity index is 2.52. The Hall–Kier alpha value is -1.69. The van der Waals surface area contributed by atoms with Crippen molar-refractivity contribution < 1.29 is 19.1 Å². The van der Waals surface area contributed by atoms with Gasteiger partial charge in [-0.25, -0.2) is 4.79 Å². The molecular formula is C13H12BrNO4. The molecule has 0 bridgehead atoms. The third-order valence-corrected chi connectivity index (χ3v) is 3.48. The third-order valence-electron chi connectivity index (χ3n) is 3.03. The van der Waals surface area contributed by atoms with E-state index in [-0.39, 0.29) is 24.7 Å². The summed E-state index contributed by atoms with van der Waals surface area (Å²) in [4.78, 5) is 36.2. The molecule has 19 heavy (non-hydrogen) atoms. The highest BCUT2D eigenvalue weighted by Crippen LogP contribution is 2.30. The molecule has 0 spiro atoms. The SMILES string of the molecule is COC(=O)c1cc(Br)cc(N2CC(=O)CC2=O)c1C. The van der Waals surface area contributed by atoms with E-state index in [0.717, 1.165) is 0 Å². The molecule has 0 atom stereocenters. The van der Waals surface area contributed by atoms with Crippen LogP contribution in [0.15, 0.2) is 16.6 Å². The summed E-state index contributed by atoms with van der Waals surface area (Å²) in [6.07, 6.45) is -0.0838. The van der Waals surface area contributed by atoms with Crippen LogP contribution in [0.1, 0.15) is 22.3 Å². The Bertz CT molecular complexity index is 582. The van der Waals surface area contributed by atoms with Crippen molar-refractivity contribution in [3.63, 3.8) is 0 Å². The largest absolute Gasteiger partial charge is 0.465 e. The van der Waals surface area contributed by atoms with Crippen molar-refractivity contribution >= 4 is 39.3 Å².